The monoisotopic (exact) mass is 587 g/mol. The third-order valence-electron chi connectivity index (χ3n) is 6.04. The van der Waals surface area contributed by atoms with Crippen LogP contribution in [-0.4, -0.2) is 50.5 Å². The Morgan fingerprint density at radius 2 is 1.86 bits per heavy atom. The van der Waals surface area contributed by atoms with Crippen LogP contribution in [0.1, 0.15) is 85.4 Å². The summed E-state index contributed by atoms with van der Waals surface area (Å²) in [5, 5.41) is 10.0. The number of aromatic nitrogens is 4. The highest BCUT2D eigenvalue weighted by molar-refractivity contribution is 5.97. The summed E-state index contributed by atoms with van der Waals surface area (Å²) < 4.78 is 35.3. The zero-order valence-electron chi connectivity index (χ0n) is 24.4. The summed E-state index contributed by atoms with van der Waals surface area (Å²) in [6.07, 6.45) is -0.747. The molecule has 13 nitrogen and oxygen atoms in total. The number of carbonyl (C=O) groups excluding carboxylic acids is 3. The Morgan fingerprint density at radius 3 is 2.48 bits per heavy atom. The highest BCUT2D eigenvalue weighted by Crippen LogP contribution is 2.23. The van der Waals surface area contributed by atoms with Crippen LogP contribution in [-0.2, 0) is 28.5 Å². The summed E-state index contributed by atoms with van der Waals surface area (Å²) >= 11 is 0. The number of ether oxygens (including phenoxy) is 3. The van der Waals surface area contributed by atoms with Gasteiger partial charge in [0.1, 0.15) is 11.6 Å². The maximum atomic E-state index is 13.5. The first kappa shape index (κ1) is 31.9. The number of hydrogen-bond acceptors (Lipinski definition) is 11. The summed E-state index contributed by atoms with van der Waals surface area (Å²) in [6.45, 7) is 8.11. The fourth-order valence-corrected chi connectivity index (χ4v) is 3.90. The van der Waals surface area contributed by atoms with Gasteiger partial charge < -0.3 is 23.9 Å². The maximum absolute atomic E-state index is 13.5. The average Bonchev–Trinajstić information content (AvgIpc) is 3.37. The molecule has 0 saturated heterocycles. The fraction of sp³-hybridized carbons (Fsp3) is 0.464. The van der Waals surface area contributed by atoms with Crippen LogP contribution in [0.5, 0.6) is 5.75 Å². The van der Waals surface area contributed by atoms with E-state index in [2.05, 4.69) is 20.5 Å². The number of nitrogens with zero attached hydrogens (tertiary/aromatic N) is 4. The number of ketones is 1. The Hall–Kier alpha value is -4.62. The average molecular weight is 588 g/mol. The lowest BCUT2D eigenvalue weighted by atomic mass is 10.0. The van der Waals surface area contributed by atoms with E-state index in [4.69, 9.17) is 18.6 Å². The highest BCUT2D eigenvalue weighted by atomic mass is 19.1. The number of carbonyl (C=O) groups is 3. The Bertz CT molecular complexity index is 1480. The molecule has 1 amide bonds. The van der Waals surface area contributed by atoms with Gasteiger partial charge in [-0.3, -0.25) is 19.0 Å². The number of hydrogen-bond donors (Lipinski definition) is 1. The Labute approximate surface area is 241 Å². The summed E-state index contributed by atoms with van der Waals surface area (Å²) in [6, 6.07) is 5.64. The first-order valence-electron chi connectivity index (χ1n) is 13.3. The van der Waals surface area contributed by atoms with Crippen LogP contribution < -0.4 is 15.6 Å². The lowest BCUT2D eigenvalue weighted by Crippen LogP contribution is -2.46. The van der Waals surface area contributed by atoms with Crippen LogP contribution >= 0.6 is 0 Å². The second-order valence-corrected chi connectivity index (χ2v) is 9.99. The van der Waals surface area contributed by atoms with Gasteiger partial charge in [0.2, 0.25) is 17.9 Å². The Morgan fingerprint density at radius 1 is 1.17 bits per heavy atom. The molecule has 1 N–H and O–H groups in total. The summed E-state index contributed by atoms with van der Waals surface area (Å²) in [7, 11) is 1.39. The lowest BCUT2D eigenvalue weighted by Gasteiger charge is -2.28. The van der Waals surface area contributed by atoms with Crippen molar-refractivity contribution in [3.05, 3.63) is 69.3 Å². The summed E-state index contributed by atoms with van der Waals surface area (Å²) in [5.41, 5.74) is -1.73. The van der Waals surface area contributed by atoms with Crippen LogP contribution in [0, 0.1) is 12.7 Å². The SMILES string of the molecule is CCCCOC(=O)OC(C)Oc1c(C(=O)CCc2ccc(F)cc2)nc(C(C)(C)NC(=O)c2nnc(C)o2)n(C)c1=O. The molecule has 1 aromatic carbocycles. The number of amides is 1. The van der Waals surface area contributed by atoms with Crippen molar-refractivity contribution >= 4 is 17.8 Å². The van der Waals surface area contributed by atoms with Gasteiger partial charge in [-0.05, 0) is 44.4 Å². The standard InChI is InChI=1S/C28H34FN5O8/c1-7-8-15-39-27(38)42-17(3)41-22-21(20(35)14-11-18-9-12-19(29)13-10-18)30-26(34(6)25(22)37)28(4,5)31-23(36)24-33-32-16(2)40-24/h9-10,12-13,17H,7-8,11,14-15H2,1-6H3,(H,31,36). The van der Waals surface area contributed by atoms with Crippen molar-refractivity contribution < 1.29 is 37.4 Å². The van der Waals surface area contributed by atoms with Gasteiger partial charge in [0, 0.05) is 27.3 Å². The van der Waals surface area contributed by atoms with Crippen molar-refractivity contribution in [1.29, 1.82) is 0 Å². The molecule has 226 valence electrons. The van der Waals surface area contributed by atoms with E-state index in [0.717, 1.165) is 11.0 Å². The molecule has 42 heavy (non-hydrogen) atoms. The molecule has 0 bridgehead atoms. The van der Waals surface area contributed by atoms with Crippen molar-refractivity contribution in [3.63, 3.8) is 0 Å². The van der Waals surface area contributed by atoms with Crippen molar-refractivity contribution in [3.8, 4) is 5.75 Å². The van der Waals surface area contributed by atoms with Gasteiger partial charge in [-0.2, -0.15) is 0 Å². The second kappa shape index (κ2) is 13.8. The number of rotatable bonds is 13. The van der Waals surface area contributed by atoms with E-state index in [1.165, 1.54) is 33.0 Å². The van der Waals surface area contributed by atoms with Crippen LogP contribution in [0.25, 0.3) is 0 Å². The topological polar surface area (TPSA) is 165 Å². The molecule has 2 heterocycles. The van der Waals surface area contributed by atoms with Crippen LogP contribution in [0.15, 0.2) is 33.5 Å². The predicted molar refractivity (Wildman–Crippen MR) is 145 cm³/mol. The van der Waals surface area contributed by atoms with Crippen LogP contribution in [0.3, 0.4) is 0 Å². The predicted octanol–water partition coefficient (Wildman–Crippen LogP) is 3.77. The van der Waals surface area contributed by atoms with Gasteiger partial charge >= 0.3 is 18.0 Å². The van der Waals surface area contributed by atoms with Crippen LogP contribution in [0.4, 0.5) is 9.18 Å². The van der Waals surface area contributed by atoms with Gasteiger partial charge in [0.15, 0.2) is 11.5 Å². The second-order valence-electron chi connectivity index (χ2n) is 9.99. The van der Waals surface area contributed by atoms with Gasteiger partial charge in [-0.1, -0.05) is 25.5 Å². The van der Waals surface area contributed by atoms with Gasteiger partial charge in [-0.15, -0.1) is 10.2 Å². The van der Waals surface area contributed by atoms with Crippen molar-refractivity contribution in [2.24, 2.45) is 7.05 Å². The molecule has 0 aliphatic carbocycles. The zero-order chi connectivity index (χ0) is 31.0. The van der Waals surface area contributed by atoms with E-state index in [1.807, 2.05) is 6.92 Å². The molecular weight excluding hydrogens is 553 g/mol. The van der Waals surface area contributed by atoms with Crippen molar-refractivity contribution in [2.75, 3.05) is 6.61 Å². The largest absolute Gasteiger partial charge is 0.511 e. The molecule has 0 spiro atoms. The minimum atomic E-state index is -1.32. The Kier molecular flexibility index (Phi) is 10.5. The molecular formula is C28H34FN5O8. The quantitative estimate of drug-likeness (QED) is 0.134. The molecule has 0 aliphatic rings. The Balaban J connectivity index is 1.94. The molecule has 0 radical (unpaired) electrons. The smallest absolute Gasteiger partial charge is 0.447 e. The molecule has 1 atom stereocenters. The maximum Gasteiger partial charge on any atom is 0.511 e. The first-order valence-corrected chi connectivity index (χ1v) is 13.3. The van der Waals surface area contributed by atoms with Gasteiger partial charge in [0.25, 0.3) is 5.56 Å². The van der Waals surface area contributed by atoms with E-state index >= 15 is 0 Å². The normalized spacial score (nSPS) is 12.0. The number of aryl methyl sites for hydroxylation is 2. The summed E-state index contributed by atoms with van der Waals surface area (Å²) in [4.78, 5) is 56.2. The van der Waals surface area contributed by atoms with Crippen molar-refractivity contribution in [2.45, 2.75) is 72.1 Å². The number of nitrogens with one attached hydrogen (secondary N) is 1. The molecule has 0 fully saturated rings. The summed E-state index contributed by atoms with van der Waals surface area (Å²) in [5.74, 6) is -2.25. The number of halogens is 1. The fourth-order valence-electron chi connectivity index (χ4n) is 3.90. The first-order chi connectivity index (χ1) is 19.8. The number of benzene rings is 1. The molecule has 0 saturated carbocycles. The molecule has 2 aromatic heterocycles. The number of unbranched alkanes of at least 4 members (excludes halogenated alkanes) is 1. The van der Waals surface area contributed by atoms with E-state index in [1.54, 1.807) is 26.0 Å². The van der Waals surface area contributed by atoms with Crippen molar-refractivity contribution in [1.82, 2.24) is 25.1 Å². The molecule has 3 aromatic rings. The highest BCUT2D eigenvalue weighted by Gasteiger charge is 2.33. The molecule has 3 rings (SSSR count). The molecule has 0 aliphatic heterocycles. The third-order valence-corrected chi connectivity index (χ3v) is 6.04. The molecule has 1 unspecified atom stereocenters. The third kappa shape index (κ3) is 8.21. The minimum absolute atomic E-state index is 0.0158. The van der Waals surface area contributed by atoms with Crippen LogP contribution in [0.2, 0.25) is 0 Å². The van der Waals surface area contributed by atoms with E-state index < -0.39 is 46.8 Å². The van der Waals surface area contributed by atoms with Gasteiger partial charge in [0.05, 0.1) is 12.1 Å². The number of Topliss-reactive ketones (excluding diaryl/α,β-unsaturated/α-hetero) is 1. The minimum Gasteiger partial charge on any atom is -0.447 e. The van der Waals surface area contributed by atoms with E-state index in [0.29, 0.717) is 12.0 Å². The van der Waals surface area contributed by atoms with E-state index in [-0.39, 0.29) is 42.7 Å². The lowest BCUT2D eigenvalue weighted by molar-refractivity contribution is -0.0545. The van der Waals surface area contributed by atoms with E-state index in [9.17, 15) is 23.6 Å². The molecule has 14 heteroatoms. The zero-order valence-corrected chi connectivity index (χ0v) is 24.4. The van der Waals surface area contributed by atoms with Gasteiger partial charge in [-0.25, -0.2) is 14.2 Å².